The Morgan fingerprint density at radius 1 is 0.377 bits per heavy atom. The first-order valence-corrected chi connectivity index (χ1v) is 15.5. The van der Waals surface area contributed by atoms with Gasteiger partial charge in [-0.3, -0.25) is 0 Å². The lowest BCUT2D eigenvalue weighted by Gasteiger charge is -2.39. The molecule has 0 bridgehead atoms. The quantitative estimate of drug-likeness (QED) is 0.0894. The van der Waals surface area contributed by atoms with E-state index >= 15 is 17.6 Å². The lowest BCUT2D eigenvalue weighted by molar-refractivity contribution is -0.407. The molecule has 4 N–H and O–H groups in total. The van der Waals surface area contributed by atoms with Gasteiger partial charge in [-0.15, -0.1) is 0 Å². The molecule has 0 atom stereocenters. The van der Waals surface area contributed by atoms with E-state index in [9.17, 15) is 82.1 Å². The number of hydrogen-bond donors (Lipinski definition) is 4. The van der Waals surface area contributed by atoms with Gasteiger partial charge in [-0.2, -0.15) is 70.2 Å². The van der Waals surface area contributed by atoms with E-state index in [0.717, 1.165) is 0 Å². The number of halogens is 16. The van der Waals surface area contributed by atoms with Crippen molar-refractivity contribution in [3.63, 3.8) is 0 Å². The zero-order valence-corrected chi connectivity index (χ0v) is 28.7. The van der Waals surface area contributed by atoms with E-state index in [2.05, 4.69) is 0 Å². The van der Waals surface area contributed by atoms with Gasteiger partial charge in [0.05, 0.1) is 22.3 Å². The van der Waals surface area contributed by atoms with Crippen LogP contribution in [0.3, 0.4) is 0 Å². The van der Waals surface area contributed by atoms with Gasteiger partial charge in [-0.25, -0.2) is 19.2 Å². The molecule has 0 radical (unpaired) electrons. The second kappa shape index (κ2) is 15.4. The Labute approximate surface area is 325 Å². The summed E-state index contributed by atoms with van der Waals surface area (Å²) in [7, 11) is 0. The van der Waals surface area contributed by atoms with Gasteiger partial charge < -0.3 is 29.9 Å². The highest BCUT2D eigenvalue weighted by molar-refractivity contribution is 6.04. The molecule has 0 saturated carbocycles. The number of carbonyl (C=O) groups is 4. The van der Waals surface area contributed by atoms with Crippen molar-refractivity contribution in [3.8, 4) is 23.0 Å². The van der Waals surface area contributed by atoms with Gasteiger partial charge in [-0.1, -0.05) is 0 Å². The summed E-state index contributed by atoms with van der Waals surface area (Å²) in [5.74, 6) is -50.3. The minimum Gasteiger partial charge on any atom is -0.478 e. The Morgan fingerprint density at radius 2 is 0.656 bits per heavy atom. The number of carboxylic acids is 4. The van der Waals surface area contributed by atoms with Crippen LogP contribution in [0.4, 0.5) is 70.2 Å². The molecule has 0 aliphatic carbocycles. The van der Waals surface area contributed by atoms with E-state index in [4.69, 9.17) is 19.7 Å². The zero-order chi connectivity index (χ0) is 46.6. The summed E-state index contributed by atoms with van der Waals surface area (Å²) in [6.07, 6.45) is -11.4. The second-order valence-electron chi connectivity index (χ2n) is 12.1. The van der Waals surface area contributed by atoms with Crippen LogP contribution in [0, 0.1) is 0 Å². The normalized spacial score (nSPS) is 13.1. The fourth-order valence-electron chi connectivity index (χ4n) is 5.37. The summed E-state index contributed by atoms with van der Waals surface area (Å²) in [6.45, 7) is 0. The average molecular weight is 900 g/mol. The monoisotopic (exact) mass is 900 g/mol. The van der Waals surface area contributed by atoms with E-state index in [1.54, 1.807) is 0 Å². The van der Waals surface area contributed by atoms with E-state index in [1.165, 1.54) is 0 Å². The van der Waals surface area contributed by atoms with Gasteiger partial charge >= 0.3 is 65.8 Å². The largest absolute Gasteiger partial charge is 0.478 e. The van der Waals surface area contributed by atoms with Gasteiger partial charge in [0, 0.05) is 11.1 Å². The lowest BCUT2D eigenvalue weighted by atomic mass is 9.88. The van der Waals surface area contributed by atoms with Crippen molar-refractivity contribution >= 4 is 23.9 Å². The Kier molecular flexibility index (Phi) is 11.8. The van der Waals surface area contributed by atoms with Crippen molar-refractivity contribution in [2.45, 2.75) is 42.0 Å². The van der Waals surface area contributed by atoms with Crippen LogP contribution in [0.5, 0.6) is 23.0 Å². The SMILES string of the molecule is O=C(O)c1ccc(Oc2ccc(C(F)(F)C(F)(F)C(F)(F)C(F)(F)C(F)(F)c3ccc(Oc4ccc(C(=O)O)c(C(=O)O)c4C(F)(F)F)cc3)cc2)c(C(F)(F)F)c1C(=O)O. The van der Waals surface area contributed by atoms with Gasteiger partial charge in [0.2, 0.25) is 0 Å². The van der Waals surface area contributed by atoms with Crippen LogP contribution in [-0.2, 0) is 24.2 Å². The van der Waals surface area contributed by atoms with Crippen molar-refractivity contribution in [1.29, 1.82) is 0 Å². The predicted octanol–water partition coefficient (Wildman–Crippen LogP) is 10.9. The molecular weight excluding hydrogens is 884 g/mol. The van der Waals surface area contributed by atoms with Crippen LogP contribution in [-0.4, -0.2) is 62.1 Å². The maximum Gasteiger partial charge on any atom is 0.420 e. The van der Waals surface area contributed by atoms with Crippen molar-refractivity contribution in [2.24, 2.45) is 0 Å². The van der Waals surface area contributed by atoms with Crippen molar-refractivity contribution < 1.29 is 119 Å². The summed E-state index contributed by atoms with van der Waals surface area (Å²) in [5.41, 5.74) is -15.9. The van der Waals surface area contributed by atoms with Crippen LogP contribution in [0.25, 0.3) is 0 Å². The molecule has 0 saturated heterocycles. The van der Waals surface area contributed by atoms with Crippen LogP contribution < -0.4 is 9.47 Å². The summed E-state index contributed by atoms with van der Waals surface area (Å²) in [6, 6.07) is -0.0181. The lowest BCUT2D eigenvalue weighted by Crippen LogP contribution is -2.65. The van der Waals surface area contributed by atoms with Gasteiger partial charge in [0.25, 0.3) is 0 Å². The highest BCUT2D eigenvalue weighted by atomic mass is 19.4. The number of benzene rings is 4. The average Bonchev–Trinajstić information content (AvgIpc) is 3.13. The Morgan fingerprint density at radius 3 is 0.885 bits per heavy atom. The molecule has 26 heteroatoms. The number of aromatic carboxylic acids is 4. The molecule has 4 rings (SSSR count). The number of carboxylic acid groups (broad SMARTS) is 4. The summed E-state index contributed by atoms with van der Waals surface area (Å²) < 4.78 is 242. The molecule has 0 fully saturated rings. The summed E-state index contributed by atoms with van der Waals surface area (Å²) in [4.78, 5) is 45.6. The first-order chi connectivity index (χ1) is 27.6. The molecule has 0 spiro atoms. The minimum absolute atomic E-state index is 0.0419. The van der Waals surface area contributed by atoms with Crippen LogP contribution >= 0.6 is 0 Å². The van der Waals surface area contributed by atoms with E-state index in [0.29, 0.717) is 12.1 Å². The molecule has 0 amide bonds. The van der Waals surface area contributed by atoms with Gasteiger partial charge in [0.15, 0.2) is 0 Å². The highest BCUT2D eigenvalue weighted by Crippen LogP contribution is 2.62. The molecule has 0 aromatic heterocycles. The first kappa shape index (κ1) is 46.9. The van der Waals surface area contributed by atoms with E-state index < -0.39 is 133 Å². The molecule has 4 aromatic carbocycles. The number of ether oxygens (including phenoxy) is 2. The maximum absolute atomic E-state index is 15.0. The fraction of sp³-hybridized carbons (Fsp3) is 0.200. The highest BCUT2D eigenvalue weighted by Gasteiger charge is 2.86. The van der Waals surface area contributed by atoms with Crippen molar-refractivity contribution in [2.75, 3.05) is 0 Å². The van der Waals surface area contributed by atoms with E-state index in [1.807, 2.05) is 0 Å². The smallest absolute Gasteiger partial charge is 0.420 e. The number of hydrogen-bond acceptors (Lipinski definition) is 6. The molecule has 0 unspecified atom stereocenters. The third-order valence-electron chi connectivity index (χ3n) is 8.26. The molecule has 0 aliphatic heterocycles. The third kappa shape index (κ3) is 8.12. The molecule has 10 nitrogen and oxygen atoms in total. The Hall–Kier alpha value is -6.76. The molecule has 0 heterocycles. The fourth-order valence-corrected chi connectivity index (χ4v) is 5.37. The minimum atomic E-state index is -7.74. The molecule has 4 aromatic rings. The number of alkyl halides is 16. The summed E-state index contributed by atoms with van der Waals surface area (Å²) in [5, 5.41) is 36.6. The van der Waals surface area contributed by atoms with Crippen molar-refractivity contribution in [3.05, 3.63) is 117 Å². The van der Waals surface area contributed by atoms with Crippen LogP contribution in [0.2, 0.25) is 0 Å². The third-order valence-corrected chi connectivity index (χ3v) is 8.26. The molecule has 0 aliphatic rings. The topological polar surface area (TPSA) is 168 Å². The van der Waals surface area contributed by atoms with Gasteiger partial charge in [-0.05, 0) is 72.8 Å². The Bertz CT molecular complexity index is 2230. The number of rotatable bonds is 14. The zero-order valence-electron chi connectivity index (χ0n) is 28.7. The van der Waals surface area contributed by atoms with Crippen LogP contribution in [0.15, 0.2) is 72.8 Å². The maximum atomic E-state index is 15.0. The second-order valence-corrected chi connectivity index (χ2v) is 12.1. The standard InChI is InChI=1S/C35H16F16O10/c36-29(37,13-1-5-15(6-2-13)60-19-11-9-17(25(52)53)21(27(56)57)23(19)31(40,41)42)33(46,47)35(50,51)34(48,49)30(38,39)14-3-7-16(8-4-14)61-20-12-10-18(26(54)55)22(28(58)59)24(20)32(43,44)45/h1-12H,(H,52,53)(H,54,55)(H,56,57)(H,58,59). The summed E-state index contributed by atoms with van der Waals surface area (Å²) >= 11 is 0. The predicted molar refractivity (Wildman–Crippen MR) is 166 cm³/mol. The molecule has 61 heavy (non-hydrogen) atoms. The molecular formula is C35H16F16O10. The molecule has 328 valence electrons. The van der Waals surface area contributed by atoms with Crippen LogP contribution in [0.1, 0.15) is 63.7 Å². The Balaban J connectivity index is 1.66. The first-order valence-electron chi connectivity index (χ1n) is 15.5. The van der Waals surface area contributed by atoms with E-state index in [-0.39, 0.29) is 60.7 Å². The van der Waals surface area contributed by atoms with Crippen molar-refractivity contribution in [1.82, 2.24) is 0 Å². The van der Waals surface area contributed by atoms with Gasteiger partial charge in [0.1, 0.15) is 34.1 Å².